The van der Waals surface area contributed by atoms with Gasteiger partial charge >= 0.3 is 0 Å². The molecule has 4 heteroatoms. The highest BCUT2D eigenvalue weighted by molar-refractivity contribution is 5.30. The number of nitrogens with two attached hydrogens (primary N) is 1. The van der Waals surface area contributed by atoms with E-state index in [1.807, 2.05) is 18.3 Å². The molecule has 0 aliphatic carbocycles. The van der Waals surface area contributed by atoms with Crippen molar-refractivity contribution in [2.75, 3.05) is 25.4 Å². The van der Waals surface area contributed by atoms with Gasteiger partial charge in [-0.25, -0.2) is 4.98 Å². The molecule has 2 heterocycles. The largest absolute Gasteiger partial charge is 0.384 e. The van der Waals surface area contributed by atoms with Crippen molar-refractivity contribution in [3.8, 4) is 0 Å². The molecule has 0 radical (unpaired) electrons. The number of nitrogens with zero attached hydrogens (tertiary/aromatic N) is 2. The van der Waals surface area contributed by atoms with E-state index in [2.05, 4.69) is 47.1 Å². The Hall–Kier alpha value is -1.91. The second kappa shape index (κ2) is 7.57. The van der Waals surface area contributed by atoms with Crippen molar-refractivity contribution in [1.29, 1.82) is 0 Å². The standard InChI is InChI=1S/C19H25N3O/c1-15(7-8-16-5-3-2-4-6-16)22-11-12-23-18(14-22)17-9-10-19(20)21-13-17/h2-6,9-10,13,15,18H,7-8,11-12,14H2,1H3,(H2,20,21). The van der Waals surface area contributed by atoms with Crippen LogP contribution in [0.2, 0.25) is 0 Å². The van der Waals surface area contributed by atoms with Gasteiger partial charge in [0.05, 0.1) is 12.7 Å². The SMILES string of the molecule is CC(CCc1ccccc1)N1CCOC(c2ccc(N)nc2)C1. The summed E-state index contributed by atoms with van der Waals surface area (Å²) in [7, 11) is 0. The molecule has 1 aromatic heterocycles. The van der Waals surface area contributed by atoms with Crippen LogP contribution in [0.1, 0.15) is 30.6 Å². The lowest BCUT2D eigenvalue weighted by molar-refractivity contribution is -0.0436. The van der Waals surface area contributed by atoms with Gasteiger partial charge in [-0.2, -0.15) is 0 Å². The number of morpholine rings is 1. The molecule has 2 atom stereocenters. The molecule has 0 spiro atoms. The average molecular weight is 311 g/mol. The highest BCUT2D eigenvalue weighted by Crippen LogP contribution is 2.24. The Morgan fingerprint density at radius 1 is 1.26 bits per heavy atom. The third-order valence-electron chi connectivity index (χ3n) is 4.60. The van der Waals surface area contributed by atoms with Gasteiger partial charge in [0, 0.05) is 30.9 Å². The maximum Gasteiger partial charge on any atom is 0.123 e. The van der Waals surface area contributed by atoms with E-state index >= 15 is 0 Å². The van der Waals surface area contributed by atoms with Gasteiger partial charge in [0.1, 0.15) is 5.82 Å². The summed E-state index contributed by atoms with van der Waals surface area (Å²) < 4.78 is 5.92. The minimum absolute atomic E-state index is 0.0935. The molecule has 0 saturated carbocycles. The fourth-order valence-electron chi connectivity index (χ4n) is 3.08. The molecule has 0 bridgehead atoms. The first-order chi connectivity index (χ1) is 11.2. The van der Waals surface area contributed by atoms with E-state index in [9.17, 15) is 0 Å². The smallest absolute Gasteiger partial charge is 0.123 e. The van der Waals surface area contributed by atoms with Crippen molar-refractivity contribution in [3.63, 3.8) is 0 Å². The van der Waals surface area contributed by atoms with Crippen molar-refractivity contribution in [3.05, 3.63) is 59.8 Å². The Morgan fingerprint density at radius 3 is 2.83 bits per heavy atom. The molecule has 1 fully saturated rings. The fourth-order valence-corrected chi connectivity index (χ4v) is 3.08. The lowest BCUT2D eigenvalue weighted by Gasteiger charge is -2.37. The molecule has 23 heavy (non-hydrogen) atoms. The third-order valence-corrected chi connectivity index (χ3v) is 4.60. The number of pyridine rings is 1. The lowest BCUT2D eigenvalue weighted by Crippen LogP contribution is -2.43. The van der Waals surface area contributed by atoms with E-state index in [0.29, 0.717) is 11.9 Å². The van der Waals surface area contributed by atoms with E-state index < -0.39 is 0 Å². The second-order valence-corrected chi connectivity index (χ2v) is 6.24. The summed E-state index contributed by atoms with van der Waals surface area (Å²) in [6.45, 7) is 4.99. The molecule has 0 amide bonds. The van der Waals surface area contributed by atoms with Crippen LogP contribution in [0.5, 0.6) is 0 Å². The van der Waals surface area contributed by atoms with Crippen LogP contribution in [0, 0.1) is 0 Å². The highest BCUT2D eigenvalue weighted by atomic mass is 16.5. The van der Waals surface area contributed by atoms with Gasteiger partial charge in [-0.3, -0.25) is 4.90 Å². The first kappa shape index (κ1) is 16.0. The summed E-state index contributed by atoms with van der Waals surface area (Å²) in [5, 5.41) is 0. The Morgan fingerprint density at radius 2 is 2.09 bits per heavy atom. The maximum absolute atomic E-state index is 5.92. The number of ether oxygens (including phenoxy) is 1. The van der Waals surface area contributed by atoms with Crippen molar-refractivity contribution in [2.45, 2.75) is 31.9 Å². The van der Waals surface area contributed by atoms with Gasteiger partial charge in [0.25, 0.3) is 0 Å². The Balaban J connectivity index is 1.56. The highest BCUT2D eigenvalue weighted by Gasteiger charge is 2.25. The van der Waals surface area contributed by atoms with Gasteiger partial charge < -0.3 is 10.5 Å². The summed E-state index contributed by atoms with van der Waals surface area (Å²) in [5.41, 5.74) is 8.18. The van der Waals surface area contributed by atoms with E-state index in [1.54, 1.807) is 0 Å². The van der Waals surface area contributed by atoms with E-state index in [-0.39, 0.29) is 6.10 Å². The zero-order chi connectivity index (χ0) is 16.1. The molecule has 3 rings (SSSR count). The van der Waals surface area contributed by atoms with Crippen LogP contribution in [0.15, 0.2) is 48.7 Å². The monoisotopic (exact) mass is 311 g/mol. The minimum atomic E-state index is 0.0935. The molecular formula is C19H25N3O. The number of anilines is 1. The number of aryl methyl sites for hydroxylation is 1. The number of hydrogen-bond donors (Lipinski definition) is 1. The number of benzene rings is 1. The van der Waals surface area contributed by atoms with Crippen molar-refractivity contribution in [1.82, 2.24) is 9.88 Å². The van der Waals surface area contributed by atoms with E-state index in [4.69, 9.17) is 10.5 Å². The van der Waals surface area contributed by atoms with Crippen LogP contribution in [0.4, 0.5) is 5.82 Å². The zero-order valence-corrected chi connectivity index (χ0v) is 13.7. The van der Waals surface area contributed by atoms with Gasteiger partial charge in [0.15, 0.2) is 0 Å². The van der Waals surface area contributed by atoms with Gasteiger partial charge in [-0.1, -0.05) is 36.4 Å². The van der Waals surface area contributed by atoms with Crippen molar-refractivity contribution < 1.29 is 4.74 Å². The van der Waals surface area contributed by atoms with E-state index in [0.717, 1.165) is 38.1 Å². The maximum atomic E-state index is 5.92. The van der Waals surface area contributed by atoms with Gasteiger partial charge in [-0.05, 0) is 31.4 Å². The predicted molar refractivity (Wildman–Crippen MR) is 93.1 cm³/mol. The molecule has 2 N–H and O–H groups in total. The Labute approximate surface area is 138 Å². The quantitative estimate of drug-likeness (QED) is 0.922. The molecule has 1 saturated heterocycles. The lowest BCUT2D eigenvalue weighted by atomic mass is 10.0. The van der Waals surface area contributed by atoms with Crippen LogP contribution in [0.3, 0.4) is 0 Å². The second-order valence-electron chi connectivity index (χ2n) is 6.24. The van der Waals surface area contributed by atoms with Crippen LogP contribution in [-0.2, 0) is 11.2 Å². The van der Waals surface area contributed by atoms with Gasteiger partial charge in [0.2, 0.25) is 0 Å². The summed E-state index contributed by atoms with van der Waals surface area (Å²) in [6.07, 6.45) is 4.21. The topological polar surface area (TPSA) is 51.4 Å². The summed E-state index contributed by atoms with van der Waals surface area (Å²) in [4.78, 5) is 6.70. The number of hydrogen-bond acceptors (Lipinski definition) is 4. The van der Waals surface area contributed by atoms with Crippen molar-refractivity contribution >= 4 is 5.82 Å². The molecule has 2 unspecified atom stereocenters. The normalized spacial score (nSPS) is 20.3. The predicted octanol–water partition coefficient (Wildman–Crippen LogP) is 3.06. The molecule has 4 nitrogen and oxygen atoms in total. The summed E-state index contributed by atoms with van der Waals surface area (Å²) >= 11 is 0. The van der Waals surface area contributed by atoms with Crippen LogP contribution in [0.25, 0.3) is 0 Å². The van der Waals surface area contributed by atoms with Crippen LogP contribution >= 0.6 is 0 Å². The molecule has 2 aromatic rings. The minimum Gasteiger partial charge on any atom is -0.384 e. The molecular weight excluding hydrogens is 286 g/mol. The summed E-state index contributed by atoms with van der Waals surface area (Å²) in [5.74, 6) is 0.553. The first-order valence-corrected chi connectivity index (χ1v) is 8.33. The van der Waals surface area contributed by atoms with Crippen molar-refractivity contribution in [2.24, 2.45) is 0 Å². The first-order valence-electron chi connectivity index (χ1n) is 8.33. The third kappa shape index (κ3) is 4.30. The van der Waals surface area contributed by atoms with Crippen LogP contribution < -0.4 is 5.73 Å². The Bertz CT molecular complexity index is 600. The molecule has 1 aromatic carbocycles. The fraction of sp³-hybridized carbons (Fsp3) is 0.421. The number of aromatic nitrogens is 1. The molecule has 1 aliphatic heterocycles. The number of nitrogen functional groups attached to an aromatic ring is 1. The number of rotatable bonds is 5. The van der Waals surface area contributed by atoms with E-state index in [1.165, 1.54) is 5.56 Å². The summed E-state index contributed by atoms with van der Waals surface area (Å²) in [6, 6.07) is 15.1. The zero-order valence-electron chi connectivity index (χ0n) is 13.7. The van der Waals surface area contributed by atoms with Crippen LogP contribution in [-0.4, -0.2) is 35.6 Å². The molecule has 122 valence electrons. The van der Waals surface area contributed by atoms with Gasteiger partial charge in [-0.15, -0.1) is 0 Å². The Kier molecular flexibility index (Phi) is 5.26. The average Bonchev–Trinajstić information content (AvgIpc) is 2.61. The molecule has 1 aliphatic rings.